The van der Waals surface area contributed by atoms with Crippen LogP contribution in [0.4, 0.5) is 5.69 Å². The SMILES string of the molecule is C=CCN1CCC(SC2=C(C(=O)O)N3C(=O)[C@@H]([C@@H](O)CC)[C@@]3(SCc3ccc([N+](=O)[O-])cc3)S2)C1. The van der Waals surface area contributed by atoms with Crippen molar-refractivity contribution in [2.24, 2.45) is 5.92 Å². The number of β-lactam (4-membered cyclic amide) rings is 1. The van der Waals surface area contributed by atoms with Crippen LogP contribution in [0.2, 0.25) is 0 Å². The molecule has 2 saturated heterocycles. The van der Waals surface area contributed by atoms with Crippen molar-refractivity contribution >= 4 is 52.8 Å². The summed E-state index contributed by atoms with van der Waals surface area (Å²) in [7, 11) is 0. The minimum atomic E-state index is -1.16. The Hall–Kier alpha value is -1.99. The van der Waals surface area contributed by atoms with Gasteiger partial charge in [-0.25, -0.2) is 4.79 Å². The predicted octanol–water partition coefficient (Wildman–Crippen LogP) is 3.71. The van der Waals surface area contributed by atoms with Crippen molar-refractivity contribution in [3.63, 3.8) is 0 Å². The summed E-state index contributed by atoms with van der Waals surface area (Å²) >= 11 is 4.24. The third kappa shape index (κ3) is 4.86. The number of benzene rings is 1. The van der Waals surface area contributed by atoms with E-state index in [1.807, 2.05) is 6.08 Å². The lowest BCUT2D eigenvalue weighted by Gasteiger charge is -2.53. The summed E-state index contributed by atoms with van der Waals surface area (Å²) in [5, 5.41) is 31.9. The van der Waals surface area contributed by atoms with E-state index in [1.54, 1.807) is 19.1 Å². The van der Waals surface area contributed by atoms with Crippen molar-refractivity contribution < 1.29 is 24.7 Å². The van der Waals surface area contributed by atoms with E-state index in [1.165, 1.54) is 52.3 Å². The Bertz CT molecular complexity index is 1070. The Morgan fingerprint density at radius 3 is 2.74 bits per heavy atom. The van der Waals surface area contributed by atoms with Gasteiger partial charge in [-0.1, -0.05) is 36.9 Å². The monoisotopic (exact) mass is 537 g/mol. The first kappa shape index (κ1) is 26.1. The largest absolute Gasteiger partial charge is 0.477 e. The van der Waals surface area contributed by atoms with Crippen LogP contribution in [0.1, 0.15) is 25.3 Å². The molecule has 9 nitrogen and oxygen atoms in total. The summed E-state index contributed by atoms with van der Waals surface area (Å²) in [6.45, 7) is 8.07. The Morgan fingerprint density at radius 1 is 1.43 bits per heavy atom. The Kier molecular flexibility index (Phi) is 7.86. The third-order valence-corrected chi connectivity index (χ3v) is 11.0. The van der Waals surface area contributed by atoms with Crippen molar-refractivity contribution in [2.75, 3.05) is 19.6 Å². The molecule has 3 aliphatic heterocycles. The lowest BCUT2D eigenvalue weighted by Crippen LogP contribution is -2.68. The number of aliphatic carboxylic acids is 1. The topological polar surface area (TPSA) is 124 Å². The van der Waals surface area contributed by atoms with Gasteiger partial charge in [-0.05, 0) is 24.9 Å². The number of nitrogens with zero attached hydrogens (tertiary/aromatic N) is 3. The molecular formula is C23H27N3O6S3. The van der Waals surface area contributed by atoms with Crippen molar-refractivity contribution in [3.8, 4) is 0 Å². The zero-order valence-electron chi connectivity index (χ0n) is 19.2. The van der Waals surface area contributed by atoms with E-state index in [4.69, 9.17) is 0 Å². The molecule has 188 valence electrons. The van der Waals surface area contributed by atoms with Crippen molar-refractivity contribution in [2.45, 2.75) is 41.1 Å². The van der Waals surface area contributed by atoms with Gasteiger partial charge in [0.25, 0.3) is 5.69 Å². The summed E-state index contributed by atoms with van der Waals surface area (Å²) in [5.41, 5.74) is 0.791. The van der Waals surface area contributed by atoms with E-state index in [9.17, 15) is 29.9 Å². The number of non-ortho nitro benzene ring substituents is 1. The zero-order valence-corrected chi connectivity index (χ0v) is 21.6. The molecule has 1 amide bonds. The van der Waals surface area contributed by atoms with Crippen LogP contribution in [-0.4, -0.2) is 72.0 Å². The quantitative estimate of drug-likeness (QED) is 0.187. The Labute approximate surface area is 216 Å². The standard InChI is InChI=1S/C23H27N3O6S3/c1-3-10-24-11-9-16(12-24)34-22-19(21(29)30)25-20(28)18(17(27)4-2)23(25,35-22)33-13-14-5-7-15(8-6-14)26(31)32/h3,5-8,16-18,27H,1,4,9-13H2,2H3,(H,29,30)/t16?,17-,18+,23+/m0/s1. The number of nitro groups is 1. The molecule has 3 aliphatic rings. The van der Waals surface area contributed by atoms with Crippen molar-refractivity contribution in [1.82, 2.24) is 9.80 Å². The number of carboxylic acid groups (broad SMARTS) is 1. The second-order valence-corrected chi connectivity index (χ2v) is 12.9. The number of fused-ring (bicyclic) bond motifs is 1. The van der Waals surface area contributed by atoms with Gasteiger partial charge in [0.15, 0.2) is 9.90 Å². The first-order valence-corrected chi connectivity index (χ1v) is 14.0. The van der Waals surface area contributed by atoms with Gasteiger partial charge in [0.1, 0.15) is 5.92 Å². The minimum Gasteiger partial charge on any atom is -0.477 e. The van der Waals surface area contributed by atoms with E-state index in [0.29, 0.717) is 16.4 Å². The Morgan fingerprint density at radius 2 is 2.14 bits per heavy atom. The number of carbonyl (C=O) groups excluding carboxylic acids is 1. The lowest BCUT2D eigenvalue weighted by atomic mass is 9.89. The molecule has 12 heteroatoms. The average Bonchev–Trinajstić information content (AvgIpc) is 3.38. The van der Waals surface area contributed by atoms with Crippen molar-refractivity contribution in [1.29, 1.82) is 0 Å². The molecule has 2 N–H and O–H groups in total. The number of hydrogen-bond donors (Lipinski definition) is 2. The third-order valence-electron chi connectivity index (χ3n) is 6.34. The molecule has 35 heavy (non-hydrogen) atoms. The second kappa shape index (κ2) is 10.6. The highest BCUT2D eigenvalue weighted by Gasteiger charge is 2.69. The molecule has 3 heterocycles. The number of nitro benzene ring substituents is 1. The fraction of sp³-hybridized carbons (Fsp3) is 0.478. The van der Waals surface area contributed by atoms with Crippen LogP contribution < -0.4 is 0 Å². The van der Waals surface area contributed by atoms with Gasteiger partial charge in [-0.2, -0.15) is 0 Å². The van der Waals surface area contributed by atoms with Crippen LogP contribution in [0.3, 0.4) is 0 Å². The van der Waals surface area contributed by atoms with Gasteiger partial charge in [0.05, 0.1) is 15.3 Å². The van der Waals surface area contributed by atoms with E-state index in [0.717, 1.165) is 31.6 Å². The smallest absolute Gasteiger partial charge is 0.354 e. The molecule has 0 aliphatic carbocycles. The van der Waals surface area contributed by atoms with Crippen LogP contribution in [0.15, 0.2) is 46.9 Å². The zero-order chi connectivity index (χ0) is 25.3. The van der Waals surface area contributed by atoms with E-state index in [2.05, 4.69) is 11.5 Å². The highest BCUT2D eigenvalue weighted by molar-refractivity contribution is 8.29. The molecule has 4 atom stereocenters. The fourth-order valence-electron chi connectivity index (χ4n) is 4.55. The summed E-state index contributed by atoms with van der Waals surface area (Å²) in [6, 6.07) is 6.17. The van der Waals surface area contributed by atoms with Gasteiger partial charge in [-0.3, -0.25) is 24.7 Å². The molecule has 4 rings (SSSR count). The lowest BCUT2D eigenvalue weighted by molar-refractivity contribution is -0.384. The van der Waals surface area contributed by atoms with E-state index >= 15 is 0 Å². The highest BCUT2D eigenvalue weighted by atomic mass is 32.2. The number of carbonyl (C=O) groups is 2. The summed E-state index contributed by atoms with van der Waals surface area (Å²) in [5.74, 6) is -1.87. The molecule has 1 aromatic rings. The van der Waals surface area contributed by atoms with E-state index in [-0.39, 0.29) is 22.5 Å². The van der Waals surface area contributed by atoms with Crippen molar-refractivity contribution in [3.05, 3.63) is 62.5 Å². The van der Waals surface area contributed by atoms with Gasteiger partial charge in [0.2, 0.25) is 5.91 Å². The summed E-state index contributed by atoms with van der Waals surface area (Å²) in [6.07, 6.45) is 2.23. The molecule has 0 aromatic heterocycles. The first-order chi connectivity index (χ1) is 16.7. The maximum absolute atomic E-state index is 13.2. The maximum Gasteiger partial charge on any atom is 0.354 e. The normalized spacial score (nSPS) is 27.0. The van der Waals surface area contributed by atoms with Crippen LogP contribution in [0.25, 0.3) is 0 Å². The summed E-state index contributed by atoms with van der Waals surface area (Å²) < 4.78 is -0.373. The molecule has 0 spiro atoms. The van der Waals surface area contributed by atoms with Crippen LogP contribution in [0, 0.1) is 16.0 Å². The highest BCUT2D eigenvalue weighted by Crippen LogP contribution is 2.67. The van der Waals surface area contributed by atoms with Crippen LogP contribution in [-0.2, 0) is 15.3 Å². The fourth-order valence-corrected chi connectivity index (χ4v) is 9.97. The van der Waals surface area contributed by atoms with Gasteiger partial charge in [0, 0.05) is 36.2 Å². The number of carboxylic acids is 1. The molecule has 1 unspecified atom stereocenters. The van der Waals surface area contributed by atoms with Gasteiger partial charge >= 0.3 is 5.97 Å². The molecular weight excluding hydrogens is 510 g/mol. The van der Waals surface area contributed by atoms with Crippen LogP contribution >= 0.6 is 35.3 Å². The van der Waals surface area contributed by atoms with Gasteiger partial charge < -0.3 is 10.2 Å². The van der Waals surface area contributed by atoms with E-state index < -0.39 is 27.1 Å². The predicted molar refractivity (Wildman–Crippen MR) is 139 cm³/mol. The number of amides is 1. The molecule has 0 radical (unpaired) electrons. The molecule has 2 fully saturated rings. The number of rotatable bonds is 11. The van der Waals surface area contributed by atoms with Crippen LogP contribution in [0.5, 0.6) is 0 Å². The summed E-state index contributed by atoms with van der Waals surface area (Å²) in [4.78, 5) is 39.6. The second-order valence-electron chi connectivity index (χ2n) is 8.59. The average molecular weight is 538 g/mol. The van der Waals surface area contributed by atoms with Gasteiger partial charge in [-0.15, -0.1) is 30.1 Å². The molecule has 0 bridgehead atoms. The molecule has 0 saturated carbocycles. The molecule has 1 aromatic carbocycles. The number of likely N-dealkylation sites (tertiary alicyclic amines) is 1. The number of aliphatic hydroxyl groups is 1. The number of hydrogen-bond acceptors (Lipinski definition) is 9. The first-order valence-electron chi connectivity index (χ1n) is 11.3. The number of aliphatic hydroxyl groups excluding tert-OH is 1. The Balaban J connectivity index is 1.59. The maximum atomic E-state index is 13.2. The number of thioether (sulfide) groups is 3. The minimum absolute atomic E-state index is 0.0112.